The Hall–Kier alpha value is -2.44. The van der Waals surface area contributed by atoms with Crippen LogP contribution in [-0.4, -0.2) is 42.1 Å². The highest BCUT2D eigenvalue weighted by Crippen LogP contribution is 2.31. The highest BCUT2D eigenvalue weighted by Gasteiger charge is 2.12. The Morgan fingerprint density at radius 1 is 1.04 bits per heavy atom. The van der Waals surface area contributed by atoms with Crippen LogP contribution in [0.2, 0.25) is 0 Å². The van der Waals surface area contributed by atoms with E-state index in [0.717, 1.165) is 33.5 Å². The number of thioether (sulfide) groups is 1. The molecule has 0 aliphatic heterocycles. The highest BCUT2D eigenvalue weighted by atomic mass is 32.2. The van der Waals surface area contributed by atoms with Crippen LogP contribution in [0.5, 0.6) is 0 Å². The van der Waals surface area contributed by atoms with Crippen molar-refractivity contribution < 1.29 is 9.53 Å². The average molecular weight is 367 g/mol. The van der Waals surface area contributed by atoms with Crippen molar-refractivity contribution in [2.24, 2.45) is 0 Å². The lowest BCUT2D eigenvalue weighted by molar-refractivity contribution is -0.118. The predicted molar refractivity (Wildman–Crippen MR) is 105 cm³/mol. The van der Waals surface area contributed by atoms with Crippen LogP contribution in [0.4, 0.5) is 0 Å². The summed E-state index contributed by atoms with van der Waals surface area (Å²) in [6, 6.07) is 18.0. The van der Waals surface area contributed by atoms with Gasteiger partial charge in [0.1, 0.15) is 10.7 Å². The van der Waals surface area contributed by atoms with E-state index in [0.29, 0.717) is 18.9 Å². The minimum atomic E-state index is -0.0101. The molecule has 0 aliphatic rings. The van der Waals surface area contributed by atoms with Crippen LogP contribution >= 0.6 is 11.8 Å². The second-order valence-electron chi connectivity index (χ2n) is 5.75. The van der Waals surface area contributed by atoms with Crippen LogP contribution < -0.4 is 5.32 Å². The molecule has 3 rings (SSSR count). The first-order valence-electron chi connectivity index (χ1n) is 8.49. The fourth-order valence-electron chi connectivity index (χ4n) is 2.62. The van der Waals surface area contributed by atoms with Gasteiger partial charge in [-0.15, -0.1) is 10.2 Å². The van der Waals surface area contributed by atoms with Crippen LogP contribution in [0.3, 0.4) is 0 Å². The van der Waals surface area contributed by atoms with Crippen LogP contribution in [0, 0.1) is 0 Å². The predicted octanol–water partition coefficient (Wildman–Crippen LogP) is 3.54. The molecule has 0 atom stereocenters. The van der Waals surface area contributed by atoms with E-state index in [-0.39, 0.29) is 5.91 Å². The number of methoxy groups -OCH3 is 1. The van der Waals surface area contributed by atoms with E-state index in [1.807, 2.05) is 54.6 Å². The molecule has 1 N–H and O–H groups in total. The zero-order valence-corrected chi connectivity index (χ0v) is 15.5. The molecule has 6 heteroatoms. The van der Waals surface area contributed by atoms with Crippen molar-refractivity contribution in [3.63, 3.8) is 0 Å². The standard InChI is InChI=1S/C20H21N3O2S/c1-25-13-7-12-21-18(24)14-26-20-17-11-6-5-10-16(17)19(22-23-20)15-8-3-2-4-9-15/h2-6,8-11H,7,12-14H2,1H3,(H,21,24). The molecule has 0 radical (unpaired) electrons. The lowest BCUT2D eigenvalue weighted by Crippen LogP contribution is -2.26. The van der Waals surface area contributed by atoms with Gasteiger partial charge in [0.05, 0.1) is 5.75 Å². The number of amides is 1. The van der Waals surface area contributed by atoms with Gasteiger partial charge in [-0.1, -0.05) is 66.4 Å². The number of carbonyl (C=O) groups excluding carboxylic acids is 1. The highest BCUT2D eigenvalue weighted by molar-refractivity contribution is 8.00. The molecule has 26 heavy (non-hydrogen) atoms. The van der Waals surface area contributed by atoms with E-state index >= 15 is 0 Å². The van der Waals surface area contributed by atoms with Crippen molar-refractivity contribution in [1.29, 1.82) is 0 Å². The first-order chi connectivity index (χ1) is 12.8. The van der Waals surface area contributed by atoms with Gasteiger partial charge in [-0.3, -0.25) is 4.79 Å². The molecule has 0 spiro atoms. The minimum Gasteiger partial charge on any atom is -0.385 e. The molecular formula is C20H21N3O2S. The largest absolute Gasteiger partial charge is 0.385 e. The molecule has 1 heterocycles. The summed E-state index contributed by atoms with van der Waals surface area (Å²) in [5.41, 5.74) is 1.89. The first kappa shape index (κ1) is 18.4. The van der Waals surface area contributed by atoms with Crippen LogP contribution in [-0.2, 0) is 9.53 Å². The average Bonchev–Trinajstić information content (AvgIpc) is 2.70. The third kappa shape index (κ3) is 4.59. The summed E-state index contributed by atoms with van der Waals surface area (Å²) in [6.07, 6.45) is 0.807. The van der Waals surface area contributed by atoms with Gasteiger partial charge in [0.2, 0.25) is 5.91 Å². The molecule has 0 saturated carbocycles. The summed E-state index contributed by atoms with van der Waals surface area (Å²) in [4.78, 5) is 12.0. The van der Waals surface area contributed by atoms with Gasteiger partial charge >= 0.3 is 0 Å². The Bertz CT molecular complexity index is 871. The fourth-order valence-corrected chi connectivity index (χ4v) is 3.43. The van der Waals surface area contributed by atoms with E-state index < -0.39 is 0 Å². The first-order valence-corrected chi connectivity index (χ1v) is 9.47. The Labute approximate surface area is 157 Å². The zero-order chi connectivity index (χ0) is 18.2. The van der Waals surface area contributed by atoms with Crippen molar-refractivity contribution in [2.45, 2.75) is 11.4 Å². The molecule has 0 saturated heterocycles. The molecule has 0 fully saturated rings. The molecule has 1 aromatic heterocycles. The molecule has 0 aliphatic carbocycles. The zero-order valence-electron chi connectivity index (χ0n) is 14.6. The van der Waals surface area contributed by atoms with Gasteiger partial charge < -0.3 is 10.1 Å². The lowest BCUT2D eigenvalue weighted by atomic mass is 10.1. The number of hydrogen-bond donors (Lipinski definition) is 1. The van der Waals surface area contributed by atoms with Crippen molar-refractivity contribution in [3.05, 3.63) is 54.6 Å². The van der Waals surface area contributed by atoms with Gasteiger partial charge in [0, 0.05) is 36.6 Å². The van der Waals surface area contributed by atoms with Gasteiger partial charge in [-0.2, -0.15) is 0 Å². The monoisotopic (exact) mass is 367 g/mol. The van der Waals surface area contributed by atoms with Crippen LogP contribution in [0.15, 0.2) is 59.6 Å². The molecular weight excluding hydrogens is 346 g/mol. The number of ether oxygens (including phenoxy) is 1. The minimum absolute atomic E-state index is 0.0101. The Morgan fingerprint density at radius 2 is 1.77 bits per heavy atom. The number of nitrogens with one attached hydrogen (secondary N) is 1. The summed E-state index contributed by atoms with van der Waals surface area (Å²) < 4.78 is 4.97. The normalized spacial score (nSPS) is 10.8. The Morgan fingerprint density at radius 3 is 2.54 bits per heavy atom. The maximum atomic E-state index is 12.0. The van der Waals surface area contributed by atoms with Crippen molar-refractivity contribution in [2.75, 3.05) is 26.0 Å². The number of hydrogen-bond acceptors (Lipinski definition) is 5. The SMILES string of the molecule is COCCCNC(=O)CSc1nnc(-c2ccccc2)c2ccccc12. The number of carbonyl (C=O) groups is 1. The van der Waals surface area contributed by atoms with E-state index in [9.17, 15) is 4.79 Å². The Balaban J connectivity index is 1.75. The summed E-state index contributed by atoms with van der Waals surface area (Å²) >= 11 is 1.41. The Kier molecular flexibility index (Phi) is 6.57. The molecule has 0 bridgehead atoms. The van der Waals surface area contributed by atoms with Crippen molar-refractivity contribution in [1.82, 2.24) is 15.5 Å². The molecule has 1 amide bonds. The van der Waals surface area contributed by atoms with Gasteiger partial charge in [-0.25, -0.2) is 0 Å². The number of nitrogens with zero attached hydrogens (tertiary/aromatic N) is 2. The summed E-state index contributed by atoms with van der Waals surface area (Å²) in [6.45, 7) is 1.26. The molecule has 5 nitrogen and oxygen atoms in total. The second-order valence-corrected chi connectivity index (χ2v) is 6.71. The van der Waals surface area contributed by atoms with Gasteiger partial charge in [-0.05, 0) is 6.42 Å². The number of aromatic nitrogens is 2. The third-order valence-electron chi connectivity index (χ3n) is 3.89. The van der Waals surface area contributed by atoms with Gasteiger partial charge in [0.25, 0.3) is 0 Å². The molecule has 0 unspecified atom stereocenters. The maximum absolute atomic E-state index is 12.0. The fraction of sp³-hybridized carbons (Fsp3) is 0.250. The van der Waals surface area contributed by atoms with Crippen molar-refractivity contribution in [3.8, 4) is 11.3 Å². The third-order valence-corrected chi connectivity index (χ3v) is 4.87. The van der Waals surface area contributed by atoms with Crippen LogP contribution in [0.25, 0.3) is 22.0 Å². The second kappa shape index (κ2) is 9.31. The van der Waals surface area contributed by atoms with E-state index in [1.165, 1.54) is 11.8 Å². The topological polar surface area (TPSA) is 64.1 Å². The number of rotatable bonds is 8. The van der Waals surface area contributed by atoms with E-state index in [1.54, 1.807) is 7.11 Å². The van der Waals surface area contributed by atoms with E-state index in [4.69, 9.17) is 4.74 Å². The quantitative estimate of drug-likeness (QED) is 0.487. The summed E-state index contributed by atoms with van der Waals surface area (Å²) in [5, 5.41) is 14.5. The number of benzene rings is 2. The summed E-state index contributed by atoms with van der Waals surface area (Å²) in [5.74, 6) is 0.306. The summed E-state index contributed by atoms with van der Waals surface area (Å²) in [7, 11) is 1.65. The molecule has 3 aromatic rings. The smallest absolute Gasteiger partial charge is 0.230 e. The molecule has 2 aromatic carbocycles. The maximum Gasteiger partial charge on any atom is 0.230 e. The van der Waals surface area contributed by atoms with Crippen LogP contribution in [0.1, 0.15) is 6.42 Å². The molecule has 134 valence electrons. The number of fused-ring (bicyclic) bond motifs is 1. The lowest BCUT2D eigenvalue weighted by Gasteiger charge is -2.09. The van der Waals surface area contributed by atoms with Gasteiger partial charge in [0.15, 0.2) is 0 Å². The van der Waals surface area contributed by atoms with Crippen molar-refractivity contribution >= 4 is 28.4 Å². The van der Waals surface area contributed by atoms with E-state index in [2.05, 4.69) is 15.5 Å².